The van der Waals surface area contributed by atoms with Gasteiger partial charge in [-0.2, -0.15) is 0 Å². The summed E-state index contributed by atoms with van der Waals surface area (Å²) in [6, 6.07) is 18.7. The van der Waals surface area contributed by atoms with Gasteiger partial charge < -0.3 is 10.1 Å². The van der Waals surface area contributed by atoms with Gasteiger partial charge in [-0.25, -0.2) is 0 Å². The molecule has 1 unspecified atom stereocenters. The van der Waals surface area contributed by atoms with Gasteiger partial charge in [-0.1, -0.05) is 18.2 Å². The van der Waals surface area contributed by atoms with Gasteiger partial charge in [0.05, 0.1) is 12.3 Å². The molecular weight excluding hydrogens is 400 g/mol. The van der Waals surface area contributed by atoms with Gasteiger partial charge in [-0.05, 0) is 59.3 Å². The number of rotatable bonds is 7. The standard InChI is InChI=1S/C23H22N2O2S2/c1-28-20-5-2-16(3-6-20)17-4-7-22-18(12-17)13-19(27-22)14-25-23(26)15-29-21-8-10-24-11-9-21/h2-12,19H,13-15H2,1H3,(H,25,26). The lowest BCUT2D eigenvalue weighted by Crippen LogP contribution is -2.35. The van der Waals surface area contributed by atoms with Crippen LogP contribution in [0.25, 0.3) is 11.1 Å². The molecule has 148 valence electrons. The monoisotopic (exact) mass is 422 g/mol. The predicted octanol–water partition coefficient (Wildman–Crippen LogP) is 4.68. The molecule has 0 bridgehead atoms. The topological polar surface area (TPSA) is 51.2 Å². The number of fused-ring (bicyclic) bond motifs is 1. The lowest BCUT2D eigenvalue weighted by atomic mass is 10.0. The first kappa shape index (κ1) is 19.9. The summed E-state index contributed by atoms with van der Waals surface area (Å²) in [4.78, 5) is 18.4. The number of nitrogens with one attached hydrogen (secondary N) is 1. The first-order valence-electron chi connectivity index (χ1n) is 9.45. The molecule has 0 spiro atoms. The number of hydrogen-bond acceptors (Lipinski definition) is 5. The minimum absolute atomic E-state index is 0.0148. The maximum absolute atomic E-state index is 12.1. The van der Waals surface area contributed by atoms with Gasteiger partial charge in [0.25, 0.3) is 0 Å². The number of aromatic nitrogens is 1. The van der Waals surface area contributed by atoms with Crippen LogP contribution in [0.5, 0.6) is 5.75 Å². The molecule has 0 radical (unpaired) electrons. The van der Waals surface area contributed by atoms with Crippen LogP contribution < -0.4 is 10.1 Å². The van der Waals surface area contributed by atoms with Crippen molar-refractivity contribution in [1.82, 2.24) is 10.3 Å². The second-order valence-corrected chi connectivity index (χ2v) is 8.70. The van der Waals surface area contributed by atoms with Crippen molar-refractivity contribution in [2.24, 2.45) is 0 Å². The molecule has 2 heterocycles. The quantitative estimate of drug-likeness (QED) is 0.560. The molecule has 1 aromatic heterocycles. The zero-order chi connectivity index (χ0) is 20.1. The van der Waals surface area contributed by atoms with Crippen molar-refractivity contribution >= 4 is 29.4 Å². The van der Waals surface area contributed by atoms with E-state index in [1.54, 1.807) is 24.2 Å². The lowest BCUT2D eigenvalue weighted by molar-refractivity contribution is -0.118. The van der Waals surface area contributed by atoms with Crippen LogP contribution in [0.4, 0.5) is 0 Å². The molecule has 0 aliphatic carbocycles. The van der Waals surface area contributed by atoms with E-state index in [-0.39, 0.29) is 12.0 Å². The van der Waals surface area contributed by atoms with Gasteiger partial charge in [0.15, 0.2) is 0 Å². The van der Waals surface area contributed by atoms with Crippen LogP contribution in [0.3, 0.4) is 0 Å². The Morgan fingerprint density at radius 1 is 1.07 bits per heavy atom. The summed E-state index contributed by atoms with van der Waals surface area (Å²) in [6.45, 7) is 0.516. The molecule has 0 saturated heterocycles. The molecule has 1 N–H and O–H groups in total. The van der Waals surface area contributed by atoms with Crippen LogP contribution in [0.15, 0.2) is 76.8 Å². The Labute approximate surface area is 179 Å². The number of ether oxygens (including phenoxy) is 1. The van der Waals surface area contributed by atoms with Crippen molar-refractivity contribution in [3.63, 3.8) is 0 Å². The molecular formula is C23H22N2O2S2. The van der Waals surface area contributed by atoms with E-state index in [2.05, 4.69) is 53.0 Å². The van der Waals surface area contributed by atoms with Crippen molar-refractivity contribution in [2.75, 3.05) is 18.6 Å². The second kappa shape index (κ2) is 9.37. The Kier molecular flexibility index (Phi) is 6.42. The van der Waals surface area contributed by atoms with Gasteiger partial charge >= 0.3 is 0 Å². The highest BCUT2D eigenvalue weighted by molar-refractivity contribution is 8.00. The molecule has 4 nitrogen and oxygen atoms in total. The van der Waals surface area contributed by atoms with Crippen LogP contribution >= 0.6 is 23.5 Å². The Morgan fingerprint density at radius 2 is 1.83 bits per heavy atom. The van der Waals surface area contributed by atoms with Crippen molar-refractivity contribution < 1.29 is 9.53 Å². The predicted molar refractivity (Wildman–Crippen MR) is 120 cm³/mol. The molecule has 29 heavy (non-hydrogen) atoms. The fourth-order valence-electron chi connectivity index (χ4n) is 3.26. The molecule has 6 heteroatoms. The number of carbonyl (C=O) groups excluding carboxylic acids is 1. The van der Waals surface area contributed by atoms with Gasteiger partial charge in [0.1, 0.15) is 11.9 Å². The molecule has 1 amide bonds. The number of nitrogens with zero attached hydrogens (tertiary/aromatic N) is 1. The number of amides is 1. The fourth-order valence-corrected chi connectivity index (χ4v) is 4.38. The molecule has 1 aliphatic rings. The van der Waals surface area contributed by atoms with Gasteiger partial charge in [0, 0.05) is 28.6 Å². The smallest absolute Gasteiger partial charge is 0.230 e. The normalized spacial score (nSPS) is 14.9. The number of thioether (sulfide) groups is 2. The molecule has 0 fully saturated rings. The van der Waals surface area contributed by atoms with E-state index < -0.39 is 0 Å². The average molecular weight is 423 g/mol. The first-order chi connectivity index (χ1) is 14.2. The molecule has 2 aromatic carbocycles. The third-order valence-electron chi connectivity index (χ3n) is 4.77. The van der Waals surface area contributed by atoms with E-state index in [1.165, 1.54) is 33.3 Å². The average Bonchev–Trinajstić information content (AvgIpc) is 3.19. The van der Waals surface area contributed by atoms with Crippen molar-refractivity contribution in [2.45, 2.75) is 22.3 Å². The van der Waals surface area contributed by atoms with Crippen molar-refractivity contribution in [3.8, 4) is 16.9 Å². The van der Waals surface area contributed by atoms with Gasteiger partial charge in [-0.15, -0.1) is 23.5 Å². The summed E-state index contributed by atoms with van der Waals surface area (Å²) in [5.41, 5.74) is 3.59. The van der Waals surface area contributed by atoms with E-state index in [0.717, 1.165) is 17.1 Å². The van der Waals surface area contributed by atoms with Crippen LogP contribution in [-0.4, -0.2) is 35.5 Å². The number of hydrogen-bond donors (Lipinski definition) is 1. The summed E-state index contributed by atoms with van der Waals surface area (Å²) >= 11 is 3.25. The van der Waals surface area contributed by atoms with E-state index in [0.29, 0.717) is 12.3 Å². The molecule has 0 saturated carbocycles. The highest BCUT2D eigenvalue weighted by atomic mass is 32.2. The zero-order valence-electron chi connectivity index (χ0n) is 16.1. The molecule has 4 rings (SSSR count). The van der Waals surface area contributed by atoms with Crippen LogP contribution in [-0.2, 0) is 11.2 Å². The van der Waals surface area contributed by atoms with E-state index in [1.807, 2.05) is 18.2 Å². The van der Waals surface area contributed by atoms with Gasteiger partial charge in [0.2, 0.25) is 5.91 Å². The minimum atomic E-state index is -0.0195. The van der Waals surface area contributed by atoms with Crippen molar-refractivity contribution in [1.29, 1.82) is 0 Å². The second-order valence-electron chi connectivity index (χ2n) is 6.77. The molecule has 3 aromatic rings. The van der Waals surface area contributed by atoms with Crippen LogP contribution in [0.2, 0.25) is 0 Å². The summed E-state index contributed by atoms with van der Waals surface area (Å²) < 4.78 is 6.01. The summed E-state index contributed by atoms with van der Waals surface area (Å²) in [5, 5.41) is 2.99. The first-order valence-corrected chi connectivity index (χ1v) is 11.7. The maximum atomic E-state index is 12.1. The lowest BCUT2D eigenvalue weighted by Gasteiger charge is -2.11. The molecule has 1 aliphatic heterocycles. The highest BCUT2D eigenvalue weighted by Crippen LogP contribution is 2.33. The largest absolute Gasteiger partial charge is 0.488 e. The van der Waals surface area contributed by atoms with Gasteiger partial charge in [-0.3, -0.25) is 9.78 Å². The fraction of sp³-hybridized carbons (Fsp3) is 0.217. The Bertz CT molecular complexity index is 978. The zero-order valence-corrected chi connectivity index (χ0v) is 17.8. The third kappa shape index (κ3) is 5.14. The van der Waals surface area contributed by atoms with E-state index in [9.17, 15) is 4.79 Å². The van der Waals surface area contributed by atoms with Crippen molar-refractivity contribution in [3.05, 3.63) is 72.6 Å². The number of benzene rings is 2. The maximum Gasteiger partial charge on any atom is 0.230 e. The van der Waals surface area contributed by atoms with Crippen LogP contribution in [0.1, 0.15) is 5.56 Å². The summed E-state index contributed by atoms with van der Waals surface area (Å²) in [5.74, 6) is 1.32. The summed E-state index contributed by atoms with van der Waals surface area (Å²) in [7, 11) is 0. The molecule has 1 atom stereocenters. The number of pyridine rings is 1. The van der Waals surface area contributed by atoms with Crippen LogP contribution in [0, 0.1) is 0 Å². The summed E-state index contributed by atoms with van der Waals surface area (Å²) in [6.07, 6.45) is 6.33. The number of carbonyl (C=O) groups is 1. The SMILES string of the molecule is CSc1ccc(-c2ccc3c(c2)CC(CNC(=O)CSc2ccncc2)O3)cc1. The Balaban J connectivity index is 1.30. The van der Waals surface area contributed by atoms with E-state index >= 15 is 0 Å². The Hall–Kier alpha value is -2.44. The minimum Gasteiger partial charge on any atom is -0.488 e. The van der Waals surface area contributed by atoms with E-state index in [4.69, 9.17) is 4.74 Å². The Morgan fingerprint density at radius 3 is 2.59 bits per heavy atom. The highest BCUT2D eigenvalue weighted by Gasteiger charge is 2.23. The third-order valence-corrected chi connectivity index (χ3v) is 6.53.